The molecule has 0 aliphatic carbocycles. The van der Waals surface area contributed by atoms with Gasteiger partial charge in [0, 0.05) is 11.6 Å². The monoisotopic (exact) mass is 320 g/mol. The predicted molar refractivity (Wildman–Crippen MR) is 65.1 cm³/mol. The van der Waals surface area contributed by atoms with Crippen molar-refractivity contribution in [3.8, 4) is 11.4 Å². The van der Waals surface area contributed by atoms with Gasteiger partial charge in [0.2, 0.25) is 0 Å². The van der Waals surface area contributed by atoms with Crippen LogP contribution in [0.2, 0.25) is 10.3 Å². The number of benzene rings is 1. The van der Waals surface area contributed by atoms with Crippen LogP contribution >= 0.6 is 39.1 Å². The summed E-state index contributed by atoms with van der Waals surface area (Å²) in [5.74, 6) is -0.0962. The molecule has 0 saturated heterocycles. The van der Waals surface area contributed by atoms with Gasteiger partial charge in [0.1, 0.15) is 16.1 Å². The van der Waals surface area contributed by atoms with Crippen molar-refractivity contribution in [1.82, 2.24) is 9.97 Å². The van der Waals surface area contributed by atoms with Crippen molar-refractivity contribution in [2.24, 2.45) is 0 Å². The molecule has 1 aromatic carbocycles. The molecule has 82 valence electrons. The van der Waals surface area contributed by atoms with E-state index in [1.807, 2.05) is 0 Å². The van der Waals surface area contributed by atoms with Crippen LogP contribution in [0, 0.1) is 5.82 Å². The summed E-state index contributed by atoms with van der Waals surface area (Å²) in [6.07, 6.45) is 0. The average molecular weight is 322 g/mol. The zero-order valence-electron chi connectivity index (χ0n) is 7.72. The first-order valence-corrected chi connectivity index (χ1v) is 5.76. The molecule has 0 radical (unpaired) electrons. The molecule has 0 N–H and O–H groups in total. The summed E-state index contributed by atoms with van der Waals surface area (Å²) in [5, 5.41) is 0.441. The molecule has 1 aromatic heterocycles. The molecule has 0 atom stereocenters. The minimum atomic E-state index is -0.391. The van der Waals surface area contributed by atoms with Gasteiger partial charge < -0.3 is 0 Å². The van der Waals surface area contributed by atoms with Crippen molar-refractivity contribution in [3.05, 3.63) is 44.9 Å². The third-order valence-electron chi connectivity index (χ3n) is 1.84. The summed E-state index contributed by atoms with van der Waals surface area (Å²) in [4.78, 5) is 7.93. The van der Waals surface area contributed by atoms with E-state index in [1.54, 1.807) is 12.1 Å². The fourth-order valence-corrected chi connectivity index (χ4v) is 1.82. The summed E-state index contributed by atoms with van der Waals surface area (Å²) in [5.41, 5.74) is 0.519. The van der Waals surface area contributed by atoms with E-state index in [0.29, 0.717) is 15.9 Å². The Morgan fingerprint density at radius 2 is 1.69 bits per heavy atom. The van der Waals surface area contributed by atoms with E-state index >= 15 is 0 Å². The molecule has 0 bridgehead atoms. The molecule has 0 fully saturated rings. The number of rotatable bonds is 1. The number of halogens is 4. The van der Waals surface area contributed by atoms with Crippen LogP contribution in [0.25, 0.3) is 11.4 Å². The molecule has 2 aromatic rings. The normalized spacial score (nSPS) is 10.5. The second kappa shape index (κ2) is 4.65. The van der Waals surface area contributed by atoms with Crippen molar-refractivity contribution in [1.29, 1.82) is 0 Å². The molecular weight excluding hydrogens is 318 g/mol. The lowest BCUT2D eigenvalue weighted by atomic mass is 10.2. The molecule has 1 heterocycles. The van der Waals surface area contributed by atoms with Crippen LogP contribution in [0.3, 0.4) is 0 Å². The predicted octanol–water partition coefficient (Wildman–Crippen LogP) is 4.35. The Morgan fingerprint density at radius 3 is 2.25 bits per heavy atom. The van der Waals surface area contributed by atoms with Crippen molar-refractivity contribution in [3.63, 3.8) is 0 Å². The van der Waals surface area contributed by atoms with E-state index in [0.717, 1.165) is 0 Å². The summed E-state index contributed by atoms with van der Waals surface area (Å²) < 4.78 is 13.7. The second-order valence-corrected chi connectivity index (χ2v) is 4.59. The van der Waals surface area contributed by atoms with Crippen LogP contribution in [-0.2, 0) is 0 Å². The van der Waals surface area contributed by atoms with Gasteiger partial charge in [0.25, 0.3) is 0 Å². The highest BCUT2D eigenvalue weighted by Crippen LogP contribution is 2.24. The topological polar surface area (TPSA) is 25.8 Å². The third kappa shape index (κ3) is 2.51. The first kappa shape index (κ1) is 11.8. The fraction of sp³-hybridized carbons (Fsp3) is 0. The maximum absolute atomic E-state index is 13.3. The van der Waals surface area contributed by atoms with E-state index in [4.69, 9.17) is 23.2 Å². The van der Waals surface area contributed by atoms with E-state index in [9.17, 15) is 4.39 Å². The first-order valence-electron chi connectivity index (χ1n) is 4.22. The second-order valence-electron chi connectivity index (χ2n) is 2.97. The molecule has 0 amide bonds. The standard InChI is InChI=1S/C10H4BrCl2FN2/c11-6-2-1-5(3-7(6)14)10-15-8(12)4-9(13)16-10/h1-4H. The molecule has 0 aliphatic rings. The van der Waals surface area contributed by atoms with Gasteiger partial charge in [-0.25, -0.2) is 14.4 Å². The molecule has 0 aliphatic heterocycles. The average Bonchev–Trinajstić information content (AvgIpc) is 2.20. The first-order chi connectivity index (χ1) is 7.56. The van der Waals surface area contributed by atoms with E-state index in [1.165, 1.54) is 12.1 Å². The number of nitrogens with zero attached hydrogens (tertiary/aromatic N) is 2. The Bertz CT molecular complexity index is 528. The highest BCUT2D eigenvalue weighted by atomic mass is 79.9. The zero-order chi connectivity index (χ0) is 11.7. The molecule has 0 saturated carbocycles. The van der Waals surface area contributed by atoms with Gasteiger partial charge in [0.05, 0.1) is 4.47 Å². The number of hydrogen-bond acceptors (Lipinski definition) is 2. The summed E-state index contributed by atoms with van der Waals surface area (Å²) in [6, 6.07) is 5.98. The third-order valence-corrected chi connectivity index (χ3v) is 2.87. The minimum absolute atomic E-state index is 0.221. The van der Waals surface area contributed by atoms with Crippen LogP contribution in [0.4, 0.5) is 4.39 Å². The van der Waals surface area contributed by atoms with E-state index < -0.39 is 5.82 Å². The van der Waals surface area contributed by atoms with Crippen LogP contribution < -0.4 is 0 Å². The Hall–Kier alpha value is -0.710. The Labute approximate surface area is 110 Å². The van der Waals surface area contributed by atoms with Gasteiger partial charge in [-0.2, -0.15) is 0 Å². The molecule has 2 nitrogen and oxygen atoms in total. The number of aromatic nitrogens is 2. The number of hydrogen-bond donors (Lipinski definition) is 0. The molecule has 16 heavy (non-hydrogen) atoms. The fourth-order valence-electron chi connectivity index (χ4n) is 1.15. The van der Waals surface area contributed by atoms with Crippen molar-refractivity contribution >= 4 is 39.1 Å². The van der Waals surface area contributed by atoms with Crippen molar-refractivity contribution in [2.75, 3.05) is 0 Å². The van der Waals surface area contributed by atoms with Gasteiger partial charge in [-0.3, -0.25) is 0 Å². The van der Waals surface area contributed by atoms with Gasteiger partial charge >= 0.3 is 0 Å². The van der Waals surface area contributed by atoms with Crippen LogP contribution in [0.5, 0.6) is 0 Å². The van der Waals surface area contributed by atoms with Gasteiger partial charge in [-0.15, -0.1) is 0 Å². The Morgan fingerprint density at radius 1 is 1.06 bits per heavy atom. The minimum Gasteiger partial charge on any atom is -0.216 e. The van der Waals surface area contributed by atoms with Crippen LogP contribution in [0.1, 0.15) is 0 Å². The lowest BCUT2D eigenvalue weighted by Crippen LogP contribution is -1.91. The summed E-state index contributed by atoms with van der Waals surface area (Å²) in [6.45, 7) is 0. The highest BCUT2D eigenvalue weighted by molar-refractivity contribution is 9.10. The zero-order valence-corrected chi connectivity index (χ0v) is 10.8. The maximum Gasteiger partial charge on any atom is 0.162 e. The van der Waals surface area contributed by atoms with Crippen molar-refractivity contribution in [2.45, 2.75) is 0 Å². The smallest absolute Gasteiger partial charge is 0.162 e. The summed E-state index contributed by atoms with van der Waals surface area (Å²) in [7, 11) is 0. The molecule has 0 unspecified atom stereocenters. The molecule has 2 rings (SSSR count). The van der Waals surface area contributed by atoms with Gasteiger partial charge in [-0.1, -0.05) is 23.2 Å². The van der Waals surface area contributed by atoms with Crippen LogP contribution in [-0.4, -0.2) is 9.97 Å². The lowest BCUT2D eigenvalue weighted by molar-refractivity contribution is 0.621. The van der Waals surface area contributed by atoms with Crippen LogP contribution in [0.15, 0.2) is 28.7 Å². The SMILES string of the molecule is Fc1cc(-c2nc(Cl)cc(Cl)n2)ccc1Br. The lowest BCUT2D eigenvalue weighted by Gasteiger charge is -2.02. The Balaban J connectivity index is 2.54. The van der Waals surface area contributed by atoms with Gasteiger partial charge in [-0.05, 0) is 34.1 Å². The quantitative estimate of drug-likeness (QED) is 0.730. The highest BCUT2D eigenvalue weighted by Gasteiger charge is 2.07. The Kier molecular flexibility index (Phi) is 3.42. The molecule has 6 heteroatoms. The summed E-state index contributed by atoms with van der Waals surface area (Å²) >= 11 is 14.5. The van der Waals surface area contributed by atoms with Gasteiger partial charge in [0.15, 0.2) is 5.82 Å². The molecule has 0 spiro atoms. The molecular formula is C10H4BrCl2FN2. The largest absolute Gasteiger partial charge is 0.216 e. The maximum atomic E-state index is 13.3. The van der Waals surface area contributed by atoms with Crippen molar-refractivity contribution < 1.29 is 4.39 Å². The van der Waals surface area contributed by atoms with E-state index in [2.05, 4.69) is 25.9 Å². The van der Waals surface area contributed by atoms with E-state index in [-0.39, 0.29) is 10.3 Å².